The molecular weight excluding hydrogens is 404 g/mol. The number of ether oxygens (including phenoxy) is 1. The molecule has 0 radical (unpaired) electrons. The molecule has 0 atom stereocenters. The molecule has 0 aromatic heterocycles. The van der Waals surface area contributed by atoms with Crippen LogP contribution in [0.5, 0.6) is 5.75 Å². The number of rotatable bonds is 6. The summed E-state index contributed by atoms with van der Waals surface area (Å²) in [5, 5.41) is 3.99. The van der Waals surface area contributed by atoms with E-state index in [4.69, 9.17) is 4.74 Å². The van der Waals surface area contributed by atoms with Crippen LogP contribution in [0.4, 0.5) is 0 Å². The van der Waals surface area contributed by atoms with Gasteiger partial charge in [-0.25, -0.2) is 5.43 Å². The minimum atomic E-state index is -0.272. The van der Waals surface area contributed by atoms with E-state index in [1.807, 2.05) is 36.4 Å². The van der Waals surface area contributed by atoms with E-state index >= 15 is 0 Å². The van der Waals surface area contributed by atoms with Crippen molar-refractivity contribution in [2.45, 2.75) is 13.5 Å². The highest BCUT2D eigenvalue weighted by atomic mass is 79.9. The van der Waals surface area contributed by atoms with Crippen molar-refractivity contribution in [1.82, 2.24) is 5.43 Å². The molecule has 0 saturated carbocycles. The van der Waals surface area contributed by atoms with E-state index in [1.165, 1.54) is 5.56 Å². The number of carbonyl (C=O) groups excluding carboxylic acids is 1. The van der Waals surface area contributed by atoms with Gasteiger partial charge >= 0.3 is 0 Å². The Bertz CT molecular complexity index is 935. The molecule has 136 valence electrons. The van der Waals surface area contributed by atoms with Crippen molar-refractivity contribution in [3.63, 3.8) is 0 Å². The highest BCUT2D eigenvalue weighted by molar-refractivity contribution is 9.10. The quantitative estimate of drug-likeness (QED) is 0.443. The molecule has 0 heterocycles. The molecule has 5 heteroatoms. The Hall–Kier alpha value is -2.92. The fourth-order valence-electron chi connectivity index (χ4n) is 2.37. The van der Waals surface area contributed by atoms with Crippen LogP contribution in [0.1, 0.15) is 27.0 Å². The number of amides is 1. The second-order valence-corrected chi connectivity index (χ2v) is 6.97. The van der Waals surface area contributed by atoms with Crippen LogP contribution < -0.4 is 10.2 Å². The number of nitrogens with zero attached hydrogens (tertiary/aromatic N) is 1. The number of nitrogens with one attached hydrogen (secondary N) is 1. The molecule has 0 aliphatic heterocycles. The summed E-state index contributed by atoms with van der Waals surface area (Å²) in [4.78, 5) is 12.1. The summed E-state index contributed by atoms with van der Waals surface area (Å²) in [7, 11) is 0. The second kappa shape index (κ2) is 9.14. The molecule has 4 nitrogen and oxygen atoms in total. The lowest BCUT2D eigenvalue weighted by atomic mass is 10.2. The molecular formula is C22H19BrN2O2. The monoisotopic (exact) mass is 422 g/mol. The van der Waals surface area contributed by atoms with Gasteiger partial charge in [0.15, 0.2) is 0 Å². The normalized spacial score (nSPS) is 10.7. The van der Waals surface area contributed by atoms with Gasteiger partial charge in [0.05, 0.1) is 6.21 Å². The summed E-state index contributed by atoms with van der Waals surface area (Å²) in [6.45, 7) is 2.54. The van der Waals surface area contributed by atoms with Crippen LogP contribution in [-0.2, 0) is 6.61 Å². The van der Waals surface area contributed by atoms with Crippen LogP contribution >= 0.6 is 15.9 Å². The topological polar surface area (TPSA) is 50.7 Å². The first-order valence-electron chi connectivity index (χ1n) is 8.47. The standard InChI is InChI=1S/C22H19BrN2O2/c1-16-5-7-17(8-6-16)15-27-21-11-9-19(10-12-21)22(26)25-24-14-18-3-2-4-20(23)13-18/h2-14H,15H2,1H3,(H,25,26)/b24-14+. The number of hydrazone groups is 1. The Kier molecular flexibility index (Phi) is 6.39. The summed E-state index contributed by atoms with van der Waals surface area (Å²) in [6.07, 6.45) is 1.60. The van der Waals surface area contributed by atoms with Crippen molar-refractivity contribution in [1.29, 1.82) is 0 Å². The maximum atomic E-state index is 12.1. The first-order chi connectivity index (χ1) is 13.1. The number of halogens is 1. The third kappa shape index (κ3) is 5.79. The van der Waals surface area contributed by atoms with Gasteiger partial charge in [0.1, 0.15) is 12.4 Å². The number of benzene rings is 3. The van der Waals surface area contributed by atoms with Crippen LogP contribution in [0.3, 0.4) is 0 Å². The van der Waals surface area contributed by atoms with E-state index in [9.17, 15) is 4.79 Å². The highest BCUT2D eigenvalue weighted by Crippen LogP contribution is 2.15. The van der Waals surface area contributed by atoms with Gasteiger partial charge in [-0.05, 0) is 54.4 Å². The molecule has 0 bridgehead atoms. The van der Waals surface area contributed by atoms with E-state index in [0.29, 0.717) is 17.9 Å². The molecule has 0 unspecified atom stereocenters. The summed E-state index contributed by atoms with van der Waals surface area (Å²) < 4.78 is 6.71. The summed E-state index contributed by atoms with van der Waals surface area (Å²) in [5.41, 5.74) is 6.25. The van der Waals surface area contributed by atoms with Gasteiger partial charge in [-0.3, -0.25) is 4.79 Å². The van der Waals surface area contributed by atoms with Gasteiger partial charge in [-0.15, -0.1) is 0 Å². The van der Waals surface area contributed by atoms with Gasteiger partial charge in [0, 0.05) is 10.0 Å². The summed E-state index contributed by atoms with van der Waals surface area (Å²) in [6, 6.07) is 22.8. The average molecular weight is 423 g/mol. The van der Waals surface area contributed by atoms with Gasteiger partial charge < -0.3 is 4.74 Å². The maximum absolute atomic E-state index is 12.1. The second-order valence-electron chi connectivity index (χ2n) is 6.05. The van der Waals surface area contributed by atoms with Crippen LogP contribution in [0.25, 0.3) is 0 Å². The fraction of sp³-hybridized carbons (Fsp3) is 0.0909. The van der Waals surface area contributed by atoms with Crippen molar-refractivity contribution in [3.05, 3.63) is 99.5 Å². The Morgan fingerprint density at radius 2 is 1.81 bits per heavy atom. The lowest BCUT2D eigenvalue weighted by molar-refractivity contribution is 0.0955. The predicted molar refractivity (Wildman–Crippen MR) is 111 cm³/mol. The van der Waals surface area contributed by atoms with Crippen LogP contribution in [0.2, 0.25) is 0 Å². The maximum Gasteiger partial charge on any atom is 0.271 e. The molecule has 0 spiro atoms. The third-order valence-corrected chi connectivity index (χ3v) is 4.36. The van der Waals surface area contributed by atoms with Crippen molar-refractivity contribution in [3.8, 4) is 5.75 Å². The Balaban J connectivity index is 1.53. The van der Waals surface area contributed by atoms with Gasteiger partial charge in [-0.2, -0.15) is 5.10 Å². The van der Waals surface area contributed by atoms with Gasteiger partial charge in [0.25, 0.3) is 5.91 Å². The molecule has 3 aromatic rings. The zero-order valence-corrected chi connectivity index (χ0v) is 16.4. The van der Waals surface area contributed by atoms with Crippen LogP contribution in [-0.4, -0.2) is 12.1 Å². The minimum absolute atomic E-state index is 0.272. The van der Waals surface area contributed by atoms with Crippen LogP contribution in [0, 0.1) is 6.92 Å². The molecule has 0 fully saturated rings. The molecule has 0 aliphatic rings. The van der Waals surface area contributed by atoms with Gasteiger partial charge in [-0.1, -0.05) is 57.9 Å². The van der Waals surface area contributed by atoms with Gasteiger partial charge in [0.2, 0.25) is 0 Å². The van der Waals surface area contributed by atoms with Crippen molar-refractivity contribution < 1.29 is 9.53 Å². The third-order valence-electron chi connectivity index (χ3n) is 3.87. The summed E-state index contributed by atoms with van der Waals surface area (Å²) >= 11 is 3.40. The van der Waals surface area contributed by atoms with E-state index in [1.54, 1.807) is 30.5 Å². The SMILES string of the molecule is Cc1ccc(COc2ccc(C(=O)N/N=C/c3cccc(Br)c3)cc2)cc1. The van der Waals surface area contributed by atoms with E-state index in [-0.39, 0.29) is 5.91 Å². The molecule has 27 heavy (non-hydrogen) atoms. The molecule has 1 amide bonds. The zero-order valence-electron chi connectivity index (χ0n) is 14.9. The van der Waals surface area contributed by atoms with E-state index in [2.05, 4.69) is 45.5 Å². The number of carbonyl (C=O) groups is 1. The number of aryl methyl sites for hydroxylation is 1. The zero-order chi connectivity index (χ0) is 19.1. The largest absolute Gasteiger partial charge is 0.489 e. The fourth-order valence-corrected chi connectivity index (χ4v) is 2.79. The first-order valence-corrected chi connectivity index (χ1v) is 9.27. The first kappa shape index (κ1) is 18.9. The van der Waals surface area contributed by atoms with Crippen molar-refractivity contribution >= 4 is 28.1 Å². The highest BCUT2D eigenvalue weighted by Gasteiger charge is 2.04. The lowest BCUT2D eigenvalue weighted by Gasteiger charge is -2.07. The smallest absolute Gasteiger partial charge is 0.271 e. The van der Waals surface area contributed by atoms with Crippen molar-refractivity contribution in [2.24, 2.45) is 5.10 Å². The number of hydrogen-bond acceptors (Lipinski definition) is 3. The average Bonchev–Trinajstić information content (AvgIpc) is 2.68. The molecule has 3 rings (SSSR count). The number of hydrogen-bond donors (Lipinski definition) is 1. The Morgan fingerprint density at radius 1 is 1.07 bits per heavy atom. The molecule has 1 N–H and O–H groups in total. The Labute approximate surface area is 167 Å². The predicted octanol–water partition coefficient (Wildman–Crippen LogP) is 5.10. The molecule has 3 aromatic carbocycles. The van der Waals surface area contributed by atoms with E-state index < -0.39 is 0 Å². The molecule has 0 aliphatic carbocycles. The van der Waals surface area contributed by atoms with Crippen molar-refractivity contribution in [2.75, 3.05) is 0 Å². The van der Waals surface area contributed by atoms with Crippen LogP contribution in [0.15, 0.2) is 82.4 Å². The summed E-state index contributed by atoms with van der Waals surface area (Å²) in [5.74, 6) is 0.441. The Morgan fingerprint density at radius 3 is 2.52 bits per heavy atom. The van der Waals surface area contributed by atoms with E-state index in [0.717, 1.165) is 15.6 Å². The minimum Gasteiger partial charge on any atom is -0.489 e. The lowest BCUT2D eigenvalue weighted by Crippen LogP contribution is -2.17. The molecule has 0 saturated heterocycles.